The van der Waals surface area contributed by atoms with Gasteiger partial charge in [-0.1, -0.05) is 0 Å². The predicted octanol–water partition coefficient (Wildman–Crippen LogP) is 4.49. The maximum absolute atomic E-state index is 13.8. The van der Waals surface area contributed by atoms with Gasteiger partial charge in [0.25, 0.3) is 11.8 Å². The highest BCUT2D eigenvalue weighted by Gasteiger charge is 2.35. The Bertz CT molecular complexity index is 1840. The number of benzene rings is 1. The highest BCUT2D eigenvalue weighted by atomic mass is 32.1. The van der Waals surface area contributed by atoms with Crippen molar-refractivity contribution in [2.24, 2.45) is 12.8 Å². The van der Waals surface area contributed by atoms with Crippen molar-refractivity contribution >= 4 is 39.1 Å². The third kappa shape index (κ3) is 4.20. The molecule has 0 unspecified atom stereocenters. The number of pyridine rings is 1. The van der Waals surface area contributed by atoms with E-state index in [0.717, 1.165) is 6.07 Å². The normalized spacial score (nSPS) is 12.7. The fourth-order valence-corrected chi connectivity index (χ4v) is 5.34. The number of rotatable bonds is 5. The number of aryl methyl sites for hydroxylation is 1. The molecule has 6 rings (SSSR count). The number of nitrogens with one attached hydrogen (secondary N) is 2. The van der Waals surface area contributed by atoms with E-state index in [1.807, 2.05) is 0 Å². The first kappa shape index (κ1) is 25.4. The van der Waals surface area contributed by atoms with Crippen LogP contribution in [0.4, 0.5) is 18.9 Å². The number of thiophene rings is 1. The van der Waals surface area contributed by atoms with E-state index in [4.69, 9.17) is 15.2 Å². The minimum absolute atomic E-state index is 0.0291. The Morgan fingerprint density at radius 3 is 2.62 bits per heavy atom. The molecule has 5 aromatic rings. The third-order valence-electron chi connectivity index (χ3n) is 6.43. The van der Waals surface area contributed by atoms with Gasteiger partial charge in [0.1, 0.15) is 21.1 Å². The van der Waals surface area contributed by atoms with Crippen molar-refractivity contribution in [1.82, 2.24) is 25.0 Å². The summed E-state index contributed by atoms with van der Waals surface area (Å²) in [5, 5.41) is 13.7. The number of nitrogens with two attached hydrogens (primary N) is 1. The van der Waals surface area contributed by atoms with E-state index in [9.17, 15) is 22.8 Å². The lowest BCUT2D eigenvalue weighted by Gasteiger charge is -2.12. The number of primary amides is 1. The van der Waals surface area contributed by atoms with Crippen LogP contribution in [0.15, 0.2) is 36.5 Å². The summed E-state index contributed by atoms with van der Waals surface area (Å²) in [4.78, 5) is 29.1. The van der Waals surface area contributed by atoms with Crippen LogP contribution in [-0.4, -0.2) is 43.6 Å². The highest BCUT2D eigenvalue weighted by molar-refractivity contribution is 7.21. The molecule has 1 aliphatic rings. The lowest BCUT2D eigenvalue weighted by atomic mass is 10.0. The zero-order valence-electron chi connectivity index (χ0n) is 20.7. The molecule has 4 aromatic heterocycles. The van der Waals surface area contributed by atoms with Crippen molar-refractivity contribution in [2.75, 3.05) is 12.1 Å². The summed E-state index contributed by atoms with van der Waals surface area (Å²) in [5.74, 6) is -0.518. The number of hydrogen-bond acceptors (Lipinski definition) is 8. The molecular formula is C25H18F3N7O4S. The first-order chi connectivity index (χ1) is 19.0. The second kappa shape index (κ2) is 9.08. The number of amides is 2. The monoisotopic (exact) mass is 569 g/mol. The van der Waals surface area contributed by atoms with Crippen LogP contribution in [-0.2, 0) is 13.2 Å². The predicted molar refractivity (Wildman–Crippen MR) is 138 cm³/mol. The molecule has 11 nitrogen and oxygen atoms in total. The Labute approximate surface area is 226 Å². The molecule has 1 aromatic carbocycles. The first-order valence-corrected chi connectivity index (χ1v) is 12.4. The van der Waals surface area contributed by atoms with Gasteiger partial charge in [0.2, 0.25) is 6.79 Å². The molecular weight excluding hydrogens is 551 g/mol. The molecule has 15 heteroatoms. The SMILES string of the molecule is Cc1c(-c2cc(C(F)(F)F)nc3sc(C(N)=O)c(NC(=O)c4cc(-c5ccc6c(c5)OCO6)n[nH]4)c23)cnn1C. The summed E-state index contributed by atoms with van der Waals surface area (Å²) in [7, 11) is 1.64. The Balaban J connectivity index is 1.45. The summed E-state index contributed by atoms with van der Waals surface area (Å²) in [6.45, 7) is 1.79. The summed E-state index contributed by atoms with van der Waals surface area (Å²) >= 11 is 0.655. The summed E-state index contributed by atoms with van der Waals surface area (Å²) in [6, 6.07) is 7.53. The summed E-state index contributed by atoms with van der Waals surface area (Å²) in [5.41, 5.74) is 6.49. The number of carbonyl (C=O) groups excluding carboxylic acids is 2. The Hall–Kier alpha value is -4.92. The lowest BCUT2D eigenvalue weighted by molar-refractivity contribution is -0.140. The van der Waals surface area contributed by atoms with Gasteiger partial charge in [0.05, 0.1) is 17.6 Å². The van der Waals surface area contributed by atoms with Gasteiger partial charge in [-0.3, -0.25) is 19.4 Å². The topological polar surface area (TPSA) is 150 Å². The minimum Gasteiger partial charge on any atom is -0.454 e. The molecule has 0 fully saturated rings. The van der Waals surface area contributed by atoms with Crippen LogP contribution in [0.3, 0.4) is 0 Å². The van der Waals surface area contributed by atoms with E-state index in [1.165, 1.54) is 16.9 Å². The van der Waals surface area contributed by atoms with Crippen LogP contribution in [0.25, 0.3) is 32.6 Å². The third-order valence-corrected chi connectivity index (χ3v) is 7.53. The molecule has 40 heavy (non-hydrogen) atoms. The van der Waals surface area contributed by atoms with Crippen LogP contribution >= 0.6 is 11.3 Å². The van der Waals surface area contributed by atoms with E-state index < -0.39 is 23.7 Å². The highest BCUT2D eigenvalue weighted by Crippen LogP contribution is 2.44. The molecule has 0 spiro atoms. The number of halogens is 3. The number of H-pyrrole nitrogens is 1. The zero-order valence-corrected chi connectivity index (χ0v) is 21.5. The van der Waals surface area contributed by atoms with Gasteiger partial charge in [-0.25, -0.2) is 4.98 Å². The fraction of sp³-hybridized carbons (Fsp3) is 0.160. The standard InChI is InChI=1S/C25H18F3N7O4S/c1-10-13(8-30-35(10)2)12-6-18(25(26,27)28)31-24-19(12)20(21(40-24)22(29)36)32-23(37)15-7-14(33-34-15)11-3-4-16-17(5-11)39-9-38-16/h3-8H,9H2,1-2H3,(H2,29,36)(H,32,37)(H,33,34). The second-order valence-corrected chi connectivity index (χ2v) is 9.86. The van der Waals surface area contributed by atoms with Gasteiger partial charge < -0.3 is 20.5 Å². The Kier molecular flexibility index (Phi) is 5.76. The summed E-state index contributed by atoms with van der Waals surface area (Å²) < 4.78 is 53.5. The second-order valence-electron chi connectivity index (χ2n) is 8.86. The van der Waals surface area contributed by atoms with Crippen LogP contribution in [0.2, 0.25) is 0 Å². The van der Waals surface area contributed by atoms with Crippen LogP contribution < -0.4 is 20.5 Å². The van der Waals surface area contributed by atoms with E-state index in [-0.39, 0.29) is 38.8 Å². The Morgan fingerprint density at radius 2 is 1.93 bits per heavy atom. The maximum Gasteiger partial charge on any atom is 0.433 e. The maximum atomic E-state index is 13.8. The largest absolute Gasteiger partial charge is 0.454 e. The fourth-order valence-electron chi connectivity index (χ4n) is 4.33. The van der Waals surface area contributed by atoms with Crippen molar-refractivity contribution < 1.29 is 32.2 Å². The van der Waals surface area contributed by atoms with E-state index in [1.54, 1.807) is 32.2 Å². The van der Waals surface area contributed by atoms with E-state index in [0.29, 0.717) is 45.4 Å². The molecule has 2 amide bonds. The number of carbonyl (C=O) groups is 2. The van der Waals surface area contributed by atoms with Crippen molar-refractivity contribution in [1.29, 1.82) is 0 Å². The van der Waals surface area contributed by atoms with Gasteiger partial charge in [0, 0.05) is 29.3 Å². The molecule has 0 radical (unpaired) electrons. The van der Waals surface area contributed by atoms with Crippen LogP contribution in [0.1, 0.15) is 31.5 Å². The van der Waals surface area contributed by atoms with Gasteiger partial charge in [0.15, 0.2) is 11.5 Å². The smallest absolute Gasteiger partial charge is 0.433 e. The van der Waals surface area contributed by atoms with Crippen molar-refractivity contribution in [3.63, 3.8) is 0 Å². The number of nitrogens with zero attached hydrogens (tertiary/aromatic N) is 4. The molecule has 4 N–H and O–H groups in total. The van der Waals surface area contributed by atoms with Crippen LogP contribution in [0, 0.1) is 6.92 Å². The number of fused-ring (bicyclic) bond motifs is 2. The number of anilines is 1. The Morgan fingerprint density at radius 1 is 1.15 bits per heavy atom. The quantitative estimate of drug-likeness (QED) is 0.282. The van der Waals surface area contributed by atoms with Gasteiger partial charge in [-0.15, -0.1) is 11.3 Å². The van der Waals surface area contributed by atoms with E-state index in [2.05, 4.69) is 25.6 Å². The number of aromatic amines is 1. The summed E-state index contributed by atoms with van der Waals surface area (Å²) in [6.07, 6.45) is -3.36. The zero-order chi connectivity index (χ0) is 28.3. The van der Waals surface area contributed by atoms with Crippen molar-refractivity contribution in [2.45, 2.75) is 13.1 Å². The molecule has 204 valence electrons. The molecule has 0 aliphatic carbocycles. The average molecular weight is 570 g/mol. The lowest BCUT2D eigenvalue weighted by Crippen LogP contribution is -2.17. The minimum atomic E-state index is -4.76. The number of aromatic nitrogens is 5. The molecule has 0 bridgehead atoms. The molecule has 1 aliphatic heterocycles. The van der Waals surface area contributed by atoms with Gasteiger partial charge in [-0.05, 0) is 42.8 Å². The van der Waals surface area contributed by atoms with Crippen LogP contribution in [0.5, 0.6) is 11.5 Å². The van der Waals surface area contributed by atoms with E-state index >= 15 is 0 Å². The molecule has 0 atom stereocenters. The first-order valence-electron chi connectivity index (χ1n) is 11.6. The van der Waals surface area contributed by atoms with Gasteiger partial charge in [-0.2, -0.15) is 23.4 Å². The number of hydrogen-bond donors (Lipinski definition) is 3. The van der Waals surface area contributed by atoms with Crippen molar-refractivity contribution in [3.8, 4) is 33.9 Å². The number of alkyl halides is 3. The van der Waals surface area contributed by atoms with Gasteiger partial charge >= 0.3 is 6.18 Å². The van der Waals surface area contributed by atoms with Crippen molar-refractivity contribution in [3.05, 3.63) is 58.5 Å². The average Bonchev–Trinajstić information content (AvgIpc) is 3.69. The molecule has 0 saturated carbocycles. The number of ether oxygens (including phenoxy) is 2. The molecule has 0 saturated heterocycles. The molecule has 5 heterocycles.